The minimum Gasteiger partial charge on any atom is -0.213 e. The van der Waals surface area contributed by atoms with Gasteiger partial charge in [0.25, 0.3) is 0 Å². The van der Waals surface area contributed by atoms with E-state index in [1.807, 2.05) is 49.4 Å². The van der Waals surface area contributed by atoms with Gasteiger partial charge in [-0.15, -0.1) is 0 Å². The predicted octanol–water partition coefficient (Wildman–Crippen LogP) is 4.47. The second-order valence-electron chi connectivity index (χ2n) is 5.17. The van der Waals surface area contributed by atoms with E-state index in [2.05, 4.69) is 40.6 Å². The Kier molecular flexibility index (Phi) is 3.79. The average molecular weight is 287 g/mol. The van der Waals surface area contributed by atoms with Crippen LogP contribution in [0.4, 0.5) is 0 Å². The van der Waals surface area contributed by atoms with Crippen molar-refractivity contribution in [3.8, 4) is 22.8 Å². The molecule has 2 aromatic carbocycles. The molecule has 3 aromatic rings. The van der Waals surface area contributed by atoms with E-state index in [1.54, 1.807) is 0 Å². The van der Waals surface area contributed by atoms with Crippen LogP contribution in [-0.4, -0.2) is 15.0 Å². The first-order chi connectivity index (χ1) is 10.7. The molecule has 108 valence electrons. The molecule has 3 heteroatoms. The summed E-state index contributed by atoms with van der Waals surface area (Å²) in [7, 11) is 0. The first-order valence-electron chi connectivity index (χ1n) is 7.19. The van der Waals surface area contributed by atoms with E-state index in [-0.39, 0.29) is 0 Å². The Balaban J connectivity index is 2.12. The molecular formula is C19H17N3. The van der Waals surface area contributed by atoms with Gasteiger partial charge in [-0.3, -0.25) is 0 Å². The molecule has 22 heavy (non-hydrogen) atoms. The molecule has 3 rings (SSSR count). The van der Waals surface area contributed by atoms with Gasteiger partial charge >= 0.3 is 0 Å². The van der Waals surface area contributed by atoms with Crippen molar-refractivity contribution in [1.29, 1.82) is 0 Å². The molecule has 0 bridgehead atoms. The van der Waals surface area contributed by atoms with E-state index in [9.17, 15) is 0 Å². The van der Waals surface area contributed by atoms with Crippen LogP contribution in [0.15, 0.2) is 55.1 Å². The highest BCUT2D eigenvalue weighted by Gasteiger charge is 2.09. The standard InChI is InChI=1S/C19H17N3/c1-4-15-12-17(11-10-13(15)2)19-21-14(3)20-18(22-19)16-8-6-5-7-9-16/h4-12H,1H2,2-3H3. The summed E-state index contributed by atoms with van der Waals surface area (Å²) >= 11 is 0. The maximum absolute atomic E-state index is 4.62. The van der Waals surface area contributed by atoms with Gasteiger partial charge in [-0.05, 0) is 31.0 Å². The number of nitrogens with zero attached hydrogens (tertiary/aromatic N) is 3. The Morgan fingerprint density at radius 2 is 1.50 bits per heavy atom. The smallest absolute Gasteiger partial charge is 0.163 e. The van der Waals surface area contributed by atoms with Gasteiger partial charge in [-0.25, -0.2) is 15.0 Å². The Labute approximate surface area is 130 Å². The summed E-state index contributed by atoms with van der Waals surface area (Å²) in [5, 5.41) is 0. The molecule has 0 saturated heterocycles. The van der Waals surface area contributed by atoms with Crippen molar-refractivity contribution in [3.05, 3.63) is 72.1 Å². The molecular weight excluding hydrogens is 270 g/mol. The third kappa shape index (κ3) is 2.79. The fourth-order valence-corrected chi connectivity index (χ4v) is 2.33. The molecule has 0 atom stereocenters. The molecule has 0 N–H and O–H groups in total. The summed E-state index contributed by atoms with van der Waals surface area (Å²) in [6, 6.07) is 16.1. The molecule has 0 aliphatic heterocycles. The second-order valence-corrected chi connectivity index (χ2v) is 5.17. The monoisotopic (exact) mass is 287 g/mol. The summed E-state index contributed by atoms with van der Waals surface area (Å²) in [6.07, 6.45) is 1.85. The number of aryl methyl sites for hydroxylation is 2. The summed E-state index contributed by atoms with van der Waals surface area (Å²) in [5.41, 5.74) is 4.25. The first-order valence-corrected chi connectivity index (χ1v) is 7.19. The molecule has 0 radical (unpaired) electrons. The molecule has 1 aromatic heterocycles. The van der Waals surface area contributed by atoms with Gasteiger partial charge in [-0.2, -0.15) is 0 Å². The zero-order valence-electron chi connectivity index (χ0n) is 12.7. The summed E-state index contributed by atoms with van der Waals surface area (Å²) in [6.45, 7) is 7.81. The first kappa shape index (κ1) is 14.1. The van der Waals surface area contributed by atoms with E-state index in [0.29, 0.717) is 17.5 Å². The maximum atomic E-state index is 4.62. The van der Waals surface area contributed by atoms with Gasteiger partial charge in [0.2, 0.25) is 0 Å². The van der Waals surface area contributed by atoms with Crippen molar-refractivity contribution >= 4 is 6.08 Å². The summed E-state index contributed by atoms with van der Waals surface area (Å²) < 4.78 is 0. The molecule has 0 aliphatic carbocycles. The lowest BCUT2D eigenvalue weighted by Gasteiger charge is -2.07. The van der Waals surface area contributed by atoms with Crippen LogP contribution in [0, 0.1) is 13.8 Å². The maximum Gasteiger partial charge on any atom is 0.163 e. The zero-order chi connectivity index (χ0) is 15.5. The number of benzene rings is 2. The van der Waals surface area contributed by atoms with Gasteiger partial charge in [0.1, 0.15) is 5.82 Å². The largest absolute Gasteiger partial charge is 0.213 e. The molecule has 0 aliphatic rings. The molecule has 0 saturated carbocycles. The van der Waals surface area contributed by atoms with Crippen molar-refractivity contribution in [1.82, 2.24) is 15.0 Å². The quantitative estimate of drug-likeness (QED) is 0.713. The molecule has 0 unspecified atom stereocenters. The van der Waals surface area contributed by atoms with Crippen molar-refractivity contribution in [2.75, 3.05) is 0 Å². The van der Waals surface area contributed by atoms with Crippen molar-refractivity contribution in [2.24, 2.45) is 0 Å². The SMILES string of the molecule is C=Cc1cc(-c2nc(C)nc(-c3ccccc3)n2)ccc1C. The molecule has 0 spiro atoms. The fraction of sp³-hybridized carbons (Fsp3) is 0.105. The third-order valence-corrected chi connectivity index (χ3v) is 3.54. The van der Waals surface area contributed by atoms with Gasteiger partial charge in [0, 0.05) is 11.1 Å². The van der Waals surface area contributed by atoms with E-state index >= 15 is 0 Å². The average Bonchev–Trinajstić information content (AvgIpc) is 2.55. The zero-order valence-corrected chi connectivity index (χ0v) is 12.7. The minimum absolute atomic E-state index is 0.689. The fourth-order valence-electron chi connectivity index (χ4n) is 2.33. The van der Waals surface area contributed by atoms with Gasteiger partial charge in [-0.1, -0.05) is 55.1 Å². The van der Waals surface area contributed by atoms with Gasteiger partial charge < -0.3 is 0 Å². The normalized spacial score (nSPS) is 10.5. The predicted molar refractivity (Wildman–Crippen MR) is 90.3 cm³/mol. The van der Waals surface area contributed by atoms with Crippen LogP contribution in [0.25, 0.3) is 28.9 Å². The van der Waals surface area contributed by atoms with Crippen molar-refractivity contribution < 1.29 is 0 Å². The van der Waals surface area contributed by atoms with Crippen molar-refractivity contribution in [3.63, 3.8) is 0 Å². The second kappa shape index (κ2) is 5.90. The highest BCUT2D eigenvalue weighted by molar-refractivity contribution is 5.65. The van der Waals surface area contributed by atoms with Gasteiger partial charge in [0.05, 0.1) is 0 Å². The van der Waals surface area contributed by atoms with Crippen LogP contribution in [0.1, 0.15) is 17.0 Å². The van der Waals surface area contributed by atoms with Crippen LogP contribution in [0.2, 0.25) is 0 Å². The lowest BCUT2D eigenvalue weighted by Crippen LogP contribution is -1.99. The molecule has 3 nitrogen and oxygen atoms in total. The summed E-state index contributed by atoms with van der Waals surface area (Å²) in [5.74, 6) is 2.10. The number of hydrogen-bond acceptors (Lipinski definition) is 3. The number of hydrogen-bond donors (Lipinski definition) is 0. The Morgan fingerprint density at radius 3 is 2.18 bits per heavy atom. The van der Waals surface area contributed by atoms with E-state index < -0.39 is 0 Å². The van der Waals surface area contributed by atoms with E-state index in [1.165, 1.54) is 5.56 Å². The van der Waals surface area contributed by atoms with E-state index in [0.717, 1.165) is 16.7 Å². The van der Waals surface area contributed by atoms with Crippen molar-refractivity contribution in [2.45, 2.75) is 13.8 Å². The van der Waals surface area contributed by atoms with E-state index in [4.69, 9.17) is 0 Å². The summed E-state index contributed by atoms with van der Waals surface area (Å²) in [4.78, 5) is 13.5. The highest BCUT2D eigenvalue weighted by Crippen LogP contribution is 2.22. The molecule has 1 heterocycles. The topological polar surface area (TPSA) is 38.7 Å². The molecule has 0 fully saturated rings. The van der Waals surface area contributed by atoms with Crippen LogP contribution in [0.3, 0.4) is 0 Å². The lowest BCUT2D eigenvalue weighted by molar-refractivity contribution is 0.991. The molecule has 0 amide bonds. The minimum atomic E-state index is 0.689. The Morgan fingerprint density at radius 1 is 0.818 bits per heavy atom. The van der Waals surface area contributed by atoms with Crippen LogP contribution < -0.4 is 0 Å². The van der Waals surface area contributed by atoms with Crippen LogP contribution in [-0.2, 0) is 0 Å². The Hall–Kier alpha value is -2.81. The van der Waals surface area contributed by atoms with Crippen LogP contribution in [0.5, 0.6) is 0 Å². The number of rotatable bonds is 3. The lowest BCUT2D eigenvalue weighted by atomic mass is 10.0. The highest BCUT2D eigenvalue weighted by atomic mass is 15.0. The Bertz CT molecular complexity index is 823. The third-order valence-electron chi connectivity index (χ3n) is 3.54. The van der Waals surface area contributed by atoms with Gasteiger partial charge in [0.15, 0.2) is 11.6 Å². The number of aromatic nitrogens is 3. The van der Waals surface area contributed by atoms with Crippen LogP contribution >= 0.6 is 0 Å².